The molecular weight excluding hydrogens is 212 g/mol. The van der Waals surface area contributed by atoms with Crippen LogP contribution in [0.4, 0.5) is 5.69 Å². The van der Waals surface area contributed by atoms with Crippen LogP contribution in [0.15, 0.2) is 18.5 Å². The molecule has 4 bridgehead atoms. The van der Waals surface area contributed by atoms with Gasteiger partial charge >= 0.3 is 0 Å². The van der Waals surface area contributed by atoms with Crippen molar-refractivity contribution in [3.8, 4) is 0 Å². The van der Waals surface area contributed by atoms with E-state index in [9.17, 15) is 5.11 Å². The minimum atomic E-state index is -0.313. The molecular formula is C14H20N2O. The molecule has 1 aromatic rings. The highest BCUT2D eigenvalue weighted by molar-refractivity contribution is 5.42. The Balaban J connectivity index is 1.58. The zero-order valence-electron chi connectivity index (χ0n) is 10.0. The van der Waals surface area contributed by atoms with Gasteiger partial charge in [0.1, 0.15) is 0 Å². The Hall–Kier alpha value is -0.960. The first-order valence-electron chi connectivity index (χ1n) is 6.84. The molecule has 0 aromatic carbocycles. The van der Waals surface area contributed by atoms with E-state index >= 15 is 0 Å². The molecule has 2 atom stereocenters. The van der Waals surface area contributed by atoms with Crippen molar-refractivity contribution in [2.24, 2.45) is 17.8 Å². The highest BCUT2D eigenvalue weighted by atomic mass is 16.3. The van der Waals surface area contributed by atoms with Crippen LogP contribution in [0.2, 0.25) is 0 Å². The van der Waals surface area contributed by atoms with Crippen LogP contribution in [0, 0.1) is 17.8 Å². The quantitative estimate of drug-likeness (QED) is 0.733. The maximum Gasteiger partial charge on any atom is 0.0657 e. The number of nitrogens with one attached hydrogen (secondary N) is 2. The number of hydrogen-bond donors (Lipinski definition) is 3. The zero-order valence-corrected chi connectivity index (χ0v) is 10.0. The van der Waals surface area contributed by atoms with Crippen LogP contribution in [-0.4, -0.2) is 21.7 Å². The largest absolute Gasteiger partial charge is 0.390 e. The molecule has 0 spiro atoms. The summed E-state index contributed by atoms with van der Waals surface area (Å²) >= 11 is 0. The van der Waals surface area contributed by atoms with Gasteiger partial charge in [0.25, 0.3) is 0 Å². The third-order valence-corrected chi connectivity index (χ3v) is 5.17. The van der Waals surface area contributed by atoms with Crippen molar-refractivity contribution < 1.29 is 5.11 Å². The van der Waals surface area contributed by atoms with Gasteiger partial charge in [0.2, 0.25) is 0 Å². The summed E-state index contributed by atoms with van der Waals surface area (Å²) in [6, 6.07) is 2.68. The average molecular weight is 232 g/mol. The molecule has 4 aliphatic rings. The summed E-state index contributed by atoms with van der Waals surface area (Å²) < 4.78 is 0. The van der Waals surface area contributed by atoms with Crippen LogP contribution in [-0.2, 0) is 0 Å². The third kappa shape index (κ3) is 1.52. The number of aromatic nitrogens is 1. The topological polar surface area (TPSA) is 48.0 Å². The molecule has 4 aliphatic carbocycles. The summed E-state index contributed by atoms with van der Waals surface area (Å²) in [5, 5.41) is 14.2. The molecule has 1 aromatic heterocycles. The number of anilines is 1. The minimum Gasteiger partial charge on any atom is -0.390 e. The van der Waals surface area contributed by atoms with E-state index in [1.54, 1.807) is 0 Å². The Morgan fingerprint density at radius 2 is 2.00 bits per heavy atom. The fourth-order valence-corrected chi connectivity index (χ4v) is 4.82. The summed E-state index contributed by atoms with van der Waals surface area (Å²) in [4.78, 5) is 3.10. The number of H-pyrrole nitrogens is 1. The van der Waals surface area contributed by atoms with Gasteiger partial charge in [0, 0.05) is 18.4 Å². The predicted molar refractivity (Wildman–Crippen MR) is 66.7 cm³/mol. The molecule has 0 amide bonds. The maximum absolute atomic E-state index is 10.5. The lowest BCUT2D eigenvalue weighted by atomic mass is 9.52. The van der Waals surface area contributed by atoms with Gasteiger partial charge in [0.15, 0.2) is 0 Å². The van der Waals surface area contributed by atoms with E-state index < -0.39 is 0 Å². The smallest absolute Gasteiger partial charge is 0.0657 e. The SMILES string of the molecule is OC12CC3CC(C1)C(Nc1cc[nH]c1)C(C3)C2. The van der Waals surface area contributed by atoms with E-state index in [0.29, 0.717) is 17.9 Å². The van der Waals surface area contributed by atoms with E-state index in [2.05, 4.69) is 16.4 Å². The molecule has 92 valence electrons. The van der Waals surface area contributed by atoms with Crippen LogP contribution in [0.25, 0.3) is 0 Å². The summed E-state index contributed by atoms with van der Waals surface area (Å²) in [6.45, 7) is 0. The van der Waals surface area contributed by atoms with Crippen LogP contribution in [0.3, 0.4) is 0 Å². The van der Waals surface area contributed by atoms with E-state index in [4.69, 9.17) is 0 Å². The molecule has 17 heavy (non-hydrogen) atoms. The molecule has 3 heteroatoms. The molecule has 4 fully saturated rings. The fraction of sp³-hybridized carbons (Fsp3) is 0.714. The first-order chi connectivity index (χ1) is 8.22. The summed E-state index contributed by atoms with van der Waals surface area (Å²) in [6.07, 6.45) is 9.73. The minimum absolute atomic E-state index is 0.313. The second-order valence-corrected chi connectivity index (χ2v) is 6.46. The highest BCUT2D eigenvalue weighted by Crippen LogP contribution is 2.56. The van der Waals surface area contributed by atoms with Gasteiger partial charge in [-0.05, 0) is 55.9 Å². The first-order valence-corrected chi connectivity index (χ1v) is 6.84. The van der Waals surface area contributed by atoms with Crippen molar-refractivity contribution in [3.05, 3.63) is 18.5 Å². The third-order valence-electron chi connectivity index (χ3n) is 5.17. The first kappa shape index (κ1) is 10.0. The second kappa shape index (κ2) is 3.29. The molecule has 3 nitrogen and oxygen atoms in total. The molecule has 2 unspecified atom stereocenters. The summed E-state index contributed by atoms with van der Waals surface area (Å²) in [7, 11) is 0. The highest BCUT2D eigenvalue weighted by Gasteiger charge is 2.54. The lowest BCUT2D eigenvalue weighted by Gasteiger charge is -2.58. The Kier molecular flexibility index (Phi) is 1.93. The Morgan fingerprint density at radius 1 is 1.24 bits per heavy atom. The zero-order chi connectivity index (χ0) is 11.5. The Bertz CT molecular complexity index is 398. The molecule has 4 saturated carbocycles. The molecule has 3 N–H and O–H groups in total. The average Bonchev–Trinajstić information content (AvgIpc) is 2.73. The number of rotatable bonds is 2. The monoisotopic (exact) mass is 232 g/mol. The lowest BCUT2D eigenvalue weighted by molar-refractivity contribution is -0.129. The van der Waals surface area contributed by atoms with E-state index in [1.807, 2.05) is 12.4 Å². The van der Waals surface area contributed by atoms with Crippen molar-refractivity contribution in [1.82, 2.24) is 4.98 Å². The Morgan fingerprint density at radius 3 is 2.59 bits per heavy atom. The lowest BCUT2D eigenvalue weighted by Crippen LogP contribution is -2.58. The molecule has 0 radical (unpaired) electrons. The molecule has 0 aliphatic heterocycles. The number of aliphatic hydroxyl groups is 1. The summed E-state index contributed by atoms with van der Waals surface area (Å²) in [5.74, 6) is 2.16. The standard InChI is InChI=1S/C14H20N2O/c17-14-5-9-3-10(6-14)13(11(4-9)7-14)16-12-1-2-15-8-12/h1-2,8-11,13,15-17H,3-7H2. The van der Waals surface area contributed by atoms with Crippen LogP contribution < -0.4 is 5.32 Å². The summed E-state index contributed by atoms with van der Waals surface area (Å²) in [5.41, 5.74) is 0.891. The van der Waals surface area contributed by atoms with Gasteiger partial charge in [0.05, 0.1) is 11.3 Å². The van der Waals surface area contributed by atoms with Gasteiger partial charge < -0.3 is 15.4 Å². The van der Waals surface area contributed by atoms with Crippen molar-refractivity contribution in [3.63, 3.8) is 0 Å². The van der Waals surface area contributed by atoms with E-state index in [-0.39, 0.29) is 5.60 Å². The normalized spacial score (nSPS) is 47.4. The van der Waals surface area contributed by atoms with Crippen molar-refractivity contribution >= 4 is 5.69 Å². The van der Waals surface area contributed by atoms with Gasteiger partial charge in [-0.3, -0.25) is 0 Å². The fourth-order valence-electron chi connectivity index (χ4n) is 4.82. The van der Waals surface area contributed by atoms with Gasteiger partial charge in [-0.2, -0.15) is 0 Å². The van der Waals surface area contributed by atoms with Gasteiger partial charge in [-0.25, -0.2) is 0 Å². The van der Waals surface area contributed by atoms with Gasteiger partial charge in [-0.1, -0.05) is 0 Å². The van der Waals surface area contributed by atoms with Crippen LogP contribution in [0.1, 0.15) is 32.1 Å². The number of hydrogen-bond acceptors (Lipinski definition) is 2. The number of aromatic amines is 1. The molecule has 1 heterocycles. The maximum atomic E-state index is 10.5. The predicted octanol–water partition coefficient (Wildman–Crippen LogP) is 2.37. The van der Waals surface area contributed by atoms with Crippen LogP contribution >= 0.6 is 0 Å². The van der Waals surface area contributed by atoms with Crippen molar-refractivity contribution in [2.45, 2.75) is 43.7 Å². The van der Waals surface area contributed by atoms with E-state index in [0.717, 1.165) is 25.2 Å². The van der Waals surface area contributed by atoms with Crippen molar-refractivity contribution in [1.29, 1.82) is 0 Å². The van der Waals surface area contributed by atoms with Gasteiger partial charge in [-0.15, -0.1) is 0 Å². The second-order valence-electron chi connectivity index (χ2n) is 6.46. The van der Waals surface area contributed by atoms with Crippen molar-refractivity contribution in [2.75, 3.05) is 5.32 Å². The Labute approximate surface area is 102 Å². The molecule has 5 rings (SSSR count). The van der Waals surface area contributed by atoms with Crippen LogP contribution in [0.5, 0.6) is 0 Å². The van der Waals surface area contributed by atoms with E-state index in [1.165, 1.54) is 18.5 Å². The molecule has 0 saturated heterocycles.